The van der Waals surface area contributed by atoms with Gasteiger partial charge in [0.25, 0.3) is 0 Å². The van der Waals surface area contributed by atoms with Crippen molar-refractivity contribution in [1.82, 2.24) is 10.2 Å². The Morgan fingerprint density at radius 3 is 2.55 bits per heavy atom. The summed E-state index contributed by atoms with van der Waals surface area (Å²) in [5.74, 6) is -1.07. The molecular weight excluding hydrogens is 282 g/mol. The number of benzene rings is 1. The normalized spacial score (nSPS) is 12.1. The zero-order valence-corrected chi connectivity index (χ0v) is 12.4. The van der Waals surface area contributed by atoms with E-state index in [2.05, 4.69) is 10.6 Å². The van der Waals surface area contributed by atoms with Gasteiger partial charge in [-0.2, -0.15) is 0 Å². The number of carboxylic acids is 1. The summed E-state index contributed by atoms with van der Waals surface area (Å²) in [7, 11) is 3.84. The number of nitrogens with one attached hydrogen (secondary N) is 2. The maximum Gasteiger partial charge on any atom is 0.335 e. The van der Waals surface area contributed by atoms with Crippen molar-refractivity contribution in [1.29, 1.82) is 0 Å². The molecule has 0 bridgehead atoms. The number of carbonyl (C=O) groups excluding carboxylic acids is 1. The first-order chi connectivity index (χ1) is 9.31. The largest absolute Gasteiger partial charge is 0.478 e. The van der Waals surface area contributed by atoms with Crippen molar-refractivity contribution in [3.63, 3.8) is 0 Å². The predicted molar refractivity (Wildman–Crippen MR) is 78.6 cm³/mol. The highest BCUT2D eigenvalue weighted by Gasteiger charge is 2.11. The van der Waals surface area contributed by atoms with Crippen LogP contribution in [0.25, 0.3) is 0 Å². The monoisotopic (exact) mass is 299 g/mol. The number of amides is 2. The second-order valence-electron chi connectivity index (χ2n) is 4.65. The number of nitrogens with zero attached hydrogens (tertiary/aromatic N) is 1. The Labute approximate surface area is 122 Å². The molecule has 1 unspecified atom stereocenters. The lowest BCUT2D eigenvalue weighted by molar-refractivity contribution is 0.0697. The third kappa shape index (κ3) is 4.71. The molecule has 7 heteroatoms. The van der Waals surface area contributed by atoms with Gasteiger partial charge in [-0.15, -0.1) is 0 Å². The molecule has 0 saturated carbocycles. The quantitative estimate of drug-likeness (QED) is 0.778. The van der Waals surface area contributed by atoms with E-state index in [9.17, 15) is 9.59 Å². The van der Waals surface area contributed by atoms with E-state index in [-0.39, 0.29) is 22.7 Å². The van der Waals surface area contributed by atoms with Gasteiger partial charge in [-0.05, 0) is 39.2 Å². The van der Waals surface area contributed by atoms with Crippen LogP contribution in [-0.4, -0.2) is 48.7 Å². The van der Waals surface area contributed by atoms with Gasteiger partial charge in [0, 0.05) is 12.6 Å². The Balaban J connectivity index is 2.60. The van der Waals surface area contributed by atoms with E-state index >= 15 is 0 Å². The number of halogens is 1. The zero-order chi connectivity index (χ0) is 15.3. The van der Waals surface area contributed by atoms with E-state index in [1.165, 1.54) is 18.2 Å². The number of aromatic carboxylic acids is 1. The van der Waals surface area contributed by atoms with Crippen LogP contribution >= 0.6 is 11.6 Å². The van der Waals surface area contributed by atoms with Crippen LogP contribution in [0.5, 0.6) is 0 Å². The molecule has 0 heterocycles. The Bertz CT molecular complexity index is 506. The Hall–Kier alpha value is -1.79. The molecule has 0 saturated heterocycles. The lowest BCUT2D eigenvalue weighted by atomic mass is 10.2. The van der Waals surface area contributed by atoms with Crippen LogP contribution in [0.1, 0.15) is 17.3 Å². The van der Waals surface area contributed by atoms with Crippen LogP contribution in [-0.2, 0) is 0 Å². The number of hydrogen-bond acceptors (Lipinski definition) is 3. The topological polar surface area (TPSA) is 81.7 Å². The summed E-state index contributed by atoms with van der Waals surface area (Å²) in [4.78, 5) is 24.4. The first-order valence-corrected chi connectivity index (χ1v) is 6.43. The van der Waals surface area contributed by atoms with Crippen molar-refractivity contribution < 1.29 is 14.7 Å². The number of carbonyl (C=O) groups is 2. The first kappa shape index (κ1) is 16.3. The van der Waals surface area contributed by atoms with Crippen LogP contribution in [0.3, 0.4) is 0 Å². The van der Waals surface area contributed by atoms with Gasteiger partial charge in [0.2, 0.25) is 0 Å². The summed E-state index contributed by atoms with van der Waals surface area (Å²) < 4.78 is 0. The fourth-order valence-electron chi connectivity index (χ4n) is 1.34. The molecule has 2 amide bonds. The van der Waals surface area contributed by atoms with E-state index in [1.807, 2.05) is 25.9 Å². The van der Waals surface area contributed by atoms with Gasteiger partial charge in [-0.3, -0.25) is 0 Å². The second kappa shape index (κ2) is 7.12. The Kier molecular flexibility index (Phi) is 5.79. The number of likely N-dealkylation sites (N-methyl/N-ethyl adjacent to an activating group) is 1. The van der Waals surface area contributed by atoms with Gasteiger partial charge in [0.15, 0.2) is 0 Å². The molecule has 0 fully saturated rings. The molecule has 1 aromatic rings. The molecule has 0 spiro atoms. The van der Waals surface area contributed by atoms with Gasteiger partial charge >= 0.3 is 12.0 Å². The first-order valence-electron chi connectivity index (χ1n) is 6.05. The lowest BCUT2D eigenvalue weighted by Gasteiger charge is -2.20. The molecule has 6 nitrogen and oxygen atoms in total. The average Bonchev–Trinajstić information content (AvgIpc) is 2.37. The fraction of sp³-hybridized carbons (Fsp3) is 0.385. The number of anilines is 1. The molecule has 0 aromatic heterocycles. The molecular formula is C13H18ClN3O3. The van der Waals surface area contributed by atoms with Gasteiger partial charge < -0.3 is 20.6 Å². The number of rotatable bonds is 5. The molecule has 1 rings (SSSR count). The van der Waals surface area contributed by atoms with Gasteiger partial charge in [0.1, 0.15) is 0 Å². The van der Waals surface area contributed by atoms with Crippen molar-refractivity contribution in [3.8, 4) is 0 Å². The summed E-state index contributed by atoms with van der Waals surface area (Å²) in [6.07, 6.45) is 0. The molecule has 1 aromatic carbocycles. The number of urea groups is 1. The zero-order valence-electron chi connectivity index (χ0n) is 11.6. The van der Waals surface area contributed by atoms with Crippen LogP contribution in [0.4, 0.5) is 10.5 Å². The third-order valence-electron chi connectivity index (χ3n) is 2.90. The maximum absolute atomic E-state index is 11.7. The third-order valence-corrected chi connectivity index (χ3v) is 3.22. The SMILES string of the molecule is CC(CNC(=O)Nc1ccc(C(=O)O)cc1Cl)N(C)C. The van der Waals surface area contributed by atoms with E-state index < -0.39 is 5.97 Å². The highest BCUT2D eigenvalue weighted by Crippen LogP contribution is 2.22. The van der Waals surface area contributed by atoms with Crippen molar-refractivity contribution in [2.45, 2.75) is 13.0 Å². The standard InChI is InChI=1S/C13H18ClN3O3/c1-8(17(2)3)7-15-13(20)16-11-5-4-9(12(18)19)6-10(11)14/h4-6,8H,7H2,1-3H3,(H,18,19)(H2,15,16,20). The maximum atomic E-state index is 11.7. The van der Waals surface area contributed by atoms with Gasteiger partial charge in [-0.1, -0.05) is 11.6 Å². The highest BCUT2D eigenvalue weighted by molar-refractivity contribution is 6.34. The fourth-order valence-corrected chi connectivity index (χ4v) is 1.57. The second-order valence-corrected chi connectivity index (χ2v) is 5.05. The average molecular weight is 300 g/mol. The summed E-state index contributed by atoms with van der Waals surface area (Å²) in [5, 5.41) is 14.3. The summed E-state index contributed by atoms with van der Waals surface area (Å²) in [6, 6.07) is 3.95. The minimum absolute atomic E-state index is 0.0715. The van der Waals surface area contributed by atoms with E-state index in [0.717, 1.165) is 0 Å². The molecule has 0 aliphatic rings. The van der Waals surface area contributed by atoms with Crippen molar-refractivity contribution in [3.05, 3.63) is 28.8 Å². The predicted octanol–water partition coefficient (Wildman–Crippen LogP) is 2.11. The van der Waals surface area contributed by atoms with Crippen LogP contribution in [0.15, 0.2) is 18.2 Å². The summed E-state index contributed by atoms with van der Waals surface area (Å²) in [6.45, 7) is 2.47. The molecule has 0 radical (unpaired) electrons. The lowest BCUT2D eigenvalue weighted by Crippen LogP contribution is -2.40. The van der Waals surface area contributed by atoms with Crippen LogP contribution in [0, 0.1) is 0 Å². The van der Waals surface area contributed by atoms with Crippen molar-refractivity contribution in [2.75, 3.05) is 26.0 Å². The highest BCUT2D eigenvalue weighted by atomic mass is 35.5. The molecule has 3 N–H and O–H groups in total. The van der Waals surface area contributed by atoms with Gasteiger partial charge in [-0.25, -0.2) is 9.59 Å². The van der Waals surface area contributed by atoms with Crippen LogP contribution < -0.4 is 10.6 Å². The molecule has 110 valence electrons. The molecule has 20 heavy (non-hydrogen) atoms. The van der Waals surface area contributed by atoms with E-state index in [0.29, 0.717) is 12.2 Å². The Morgan fingerprint density at radius 1 is 1.40 bits per heavy atom. The smallest absolute Gasteiger partial charge is 0.335 e. The molecule has 0 aliphatic heterocycles. The Morgan fingerprint density at radius 2 is 2.05 bits per heavy atom. The number of hydrogen-bond donors (Lipinski definition) is 3. The minimum atomic E-state index is -1.07. The van der Waals surface area contributed by atoms with E-state index in [4.69, 9.17) is 16.7 Å². The number of carboxylic acid groups (broad SMARTS) is 1. The summed E-state index contributed by atoms with van der Waals surface area (Å²) >= 11 is 5.92. The molecule has 1 atom stereocenters. The van der Waals surface area contributed by atoms with Crippen molar-refractivity contribution >= 4 is 29.3 Å². The van der Waals surface area contributed by atoms with Crippen LogP contribution in [0.2, 0.25) is 5.02 Å². The van der Waals surface area contributed by atoms with Crippen molar-refractivity contribution in [2.24, 2.45) is 0 Å². The van der Waals surface area contributed by atoms with E-state index in [1.54, 1.807) is 0 Å². The van der Waals surface area contributed by atoms with Gasteiger partial charge in [0.05, 0.1) is 16.3 Å². The minimum Gasteiger partial charge on any atom is -0.478 e. The molecule has 0 aliphatic carbocycles. The summed E-state index contributed by atoms with van der Waals surface area (Å²) in [5.41, 5.74) is 0.439.